The first kappa shape index (κ1) is 25.5. The van der Waals surface area contributed by atoms with Crippen LogP contribution in [-0.4, -0.2) is 20.1 Å². The molecule has 0 aliphatic rings. The van der Waals surface area contributed by atoms with Gasteiger partial charge in [0.2, 0.25) is 0 Å². The summed E-state index contributed by atoms with van der Waals surface area (Å²) < 4.78 is 34.6. The van der Waals surface area contributed by atoms with E-state index in [9.17, 15) is 0 Å². The molecular formula is C6H6Na3O4Sb. The van der Waals surface area contributed by atoms with Gasteiger partial charge in [0, 0.05) is 0 Å². The smallest absolute Gasteiger partial charge is 0.0623 e. The van der Waals surface area contributed by atoms with Gasteiger partial charge in [-0.3, -0.25) is 0 Å². The second kappa shape index (κ2) is 15.7. The van der Waals surface area contributed by atoms with E-state index in [0.29, 0.717) is 0 Å². The van der Waals surface area contributed by atoms with Gasteiger partial charge in [0.25, 0.3) is 0 Å². The third-order valence-electron chi connectivity index (χ3n) is 0.667. The third kappa shape index (κ3) is 36.4. The summed E-state index contributed by atoms with van der Waals surface area (Å²) in [5.41, 5.74) is 0. The van der Waals surface area contributed by atoms with Crippen LogP contribution in [0.25, 0.3) is 0 Å². The van der Waals surface area contributed by atoms with Gasteiger partial charge in [0.1, 0.15) is 0 Å². The van der Waals surface area contributed by atoms with Gasteiger partial charge in [0.05, 0.1) is 0 Å². The topological polar surface area (TPSA) is 86.2 Å². The van der Waals surface area contributed by atoms with E-state index >= 15 is 0 Å². The Labute approximate surface area is 155 Å². The maximum absolute atomic E-state index is 8.64. The summed E-state index contributed by atoms with van der Waals surface area (Å²) in [6, 6.07) is 12.0. The van der Waals surface area contributed by atoms with Crippen molar-refractivity contribution in [3.8, 4) is 0 Å². The Kier molecular flexibility index (Phi) is 28.7. The zero-order chi connectivity index (χ0) is 8.74. The molecule has 0 heterocycles. The van der Waals surface area contributed by atoms with Crippen molar-refractivity contribution in [3.05, 3.63) is 36.4 Å². The molecule has 0 spiro atoms. The van der Waals surface area contributed by atoms with Crippen molar-refractivity contribution in [3.63, 3.8) is 0 Å². The molecule has 8 heteroatoms. The monoisotopic (exact) mass is 332 g/mol. The Morgan fingerprint density at radius 1 is 0.643 bits per heavy atom. The van der Waals surface area contributed by atoms with Crippen molar-refractivity contribution in [2.45, 2.75) is 0 Å². The molecule has 0 saturated carbocycles. The van der Waals surface area contributed by atoms with Gasteiger partial charge in [-0.2, -0.15) is 0 Å². The van der Waals surface area contributed by atoms with Crippen LogP contribution < -0.4 is 98.8 Å². The average molecular weight is 333 g/mol. The molecule has 0 saturated heterocycles. The molecule has 0 aliphatic carbocycles. The summed E-state index contributed by atoms with van der Waals surface area (Å²) in [6.45, 7) is 0. The van der Waals surface area contributed by atoms with E-state index in [4.69, 9.17) is 13.2 Å². The maximum Gasteiger partial charge on any atom is -0.0623 e. The summed E-state index contributed by atoms with van der Waals surface area (Å²) in [4.78, 5) is 0. The van der Waals surface area contributed by atoms with E-state index in [2.05, 4.69) is 0 Å². The van der Waals surface area contributed by atoms with Crippen molar-refractivity contribution in [1.29, 1.82) is 0 Å². The predicted molar refractivity (Wildman–Crippen MR) is 32.9 cm³/mol. The first-order valence-electron chi connectivity index (χ1n) is 2.73. The quantitative estimate of drug-likeness (QED) is 0.442. The van der Waals surface area contributed by atoms with Crippen molar-refractivity contribution >= 4 is 20.1 Å². The number of hydrogen-bond acceptors (Lipinski definition) is 4. The molecule has 0 amide bonds. The molecule has 0 N–H and O–H groups in total. The van der Waals surface area contributed by atoms with Crippen LogP contribution in [-0.2, 0) is 3.02 Å². The van der Waals surface area contributed by atoms with E-state index in [1.807, 2.05) is 36.4 Å². The molecule has 0 bridgehead atoms. The molecular weight excluding hydrogens is 327 g/mol. The van der Waals surface area contributed by atoms with Crippen molar-refractivity contribution in [2.24, 2.45) is 0 Å². The fraction of sp³-hybridized carbons (Fsp3) is 0. The third-order valence-corrected chi connectivity index (χ3v) is 0.667. The Morgan fingerprint density at radius 2 is 0.714 bits per heavy atom. The van der Waals surface area contributed by atoms with E-state index in [1.165, 1.54) is 0 Å². The number of benzene rings is 1. The van der Waals surface area contributed by atoms with Crippen LogP contribution in [0.2, 0.25) is 0 Å². The van der Waals surface area contributed by atoms with Crippen LogP contribution in [0.4, 0.5) is 0 Å². The van der Waals surface area contributed by atoms with Crippen LogP contribution in [0.15, 0.2) is 36.4 Å². The minimum absolute atomic E-state index is 0. The summed E-state index contributed by atoms with van der Waals surface area (Å²) >= 11 is -6.10. The standard InChI is InChI=1S/C6H6.3Na.4O.Sb/c1-2-4-6-5-3-1;;;;;;;;/h1-6H;;;;;;;;/q;3*+1;;3*-1;. The van der Waals surface area contributed by atoms with E-state index in [1.54, 1.807) is 0 Å². The van der Waals surface area contributed by atoms with E-state index in [-0.39, 0.29) is 88.7 Å². The number of rotatable bonds is 0. The van der Waals surface area contributed by atoms with Crippen LogP contribution in [0.5, 0.6) is 0 Å². The Bertz CT molecular complexity index is 193. The fourth-order valence-electron chi connectivity index (χ4n) is 0.385. The summed E-state index contributed by atoms with van der Waals surface area (Å²) in [7, 11) is 0. The van der Waals surface area contributed by atoms with Gasteiger partial charge in [0.15, 0.2) is 0 Å². The van der Waals surface area contributed by atoms with Gasteiger partial charge in [-0.15, -0.1) is 0 Å². The molecule has 1 rings (SSSR count). The van der Waals surface area contributed by atoms with Gasteiger partial charge >= 0.3 is 122 Å². The van der Waals surface area contributed by atoms with E-state index in [0.717, 1.165) is 0 Å². The second-order valence-corrected chi connectivity index (χ2v) is 4.15. The minimum atomic E-state index is -6.10. The van der Waals surface area contributed by atoms with Gasteiger partial charge in [-0.1, -0.05) is 36.4 Å². The SMILES string of the molecule is [Na+].[Na+].[Na+].[O]=[Sb]([O-])([O-])[O-].c1ccccc1. The largest absolute Gasteiger partial charge is 0.0623 e. The van der Waals surface area contributed by atoms with Crippen LogP contribution in [0.3, 0.4) is 0 Å². The molecule has 14 heavy (non-hydrogen) atoms. The van der Waals surface area contributed by atoms with Gasteiger partial charge in [-0.25, -0.2) is 0 Å². The Morgan fingerprint density at radius 3 is 0.786 bits per heavy atom. The molecule has 0 fully saturated rings. The molecule has 1 aromatic carbocycles. The first-order chi connectivity index (χ1) is 5.00. The van der Waals surface area contributed by atoms with Crippen LogP contribution in [0, 0.1) is 0 Å². The predicted octanol–water partition coefficient (Wildman–Crippen LogP) is -11.4. The van der Waals surface area contributed by atoms with Crippen LogP contribution in [0.1, 0.15) is 0 Å². The molecule has 0 aliphatic heterocycles. The summed E-state index contributed by atoms with van der Waals surface area (Å²) in [6.07, 6.45) is 0. The van der Waals surface area contributed by atoms with Crippen molar-refractivity contribution in [1.82, 2.24) is 0 Å². The molecule has 0 atom stereocenters. The molecule has 62 valence electrons. The second-order valence-electron chi connectivity index (χ2n) is 1.60. The van der Waals surface area contributed by atoms with Crippen molar-refractivity contribution in [2.75, 3.05) is 0 Å². The summed E-state index contributed by atoms with van der Waals surface area (Å²) in [5.74, 6) is 0. The molecule has 0 unspecified atom stereocenters. The Balaban J connectivity index is -0.0000000597. The summed E-state index contributed by atoms with van der Waals surface area (Å²) in [5, 5.41) is 0. The number of hydrogen-bond donors (Lipinski definition) is 0. The molecule has 1 aromatic rings. The zero-order valence-corrected chi connectivity index (χ0v) is 17.1. The zero-order valence-electron chi connectivity index (χ0n) is 8.54. The molecule has 0 radical (unpaired) electrons. The molecule has 4 nitrogen and oxygen atoms in total. The normalized spacial score (nSPS) is 7.64. The minimum Gasteiger partial charge on any atom is -0.0623 e. The van der Waals surface area contributed by atoms with E-state index < -0.39 is 20.1 Å². The van der Waals surface area contributed by atoms with Gasteiger partial charge in [-0.05, 0) is 0 Å². The maximum atomic E-state index is 8.64. The van der Waals surface area contributed by atoms with Crippen molar-refractivity contribution < 1.29 is 102 Å². The van der Waals surface area contributed by atoms with Gasteiger partial charge < -0.3 is 0 Å². The molecule has 0 aromatic heterocycles. The first-order valence-corrected chi connectivity index (χ1v) is 6.90. The Hall–Kier alpha value is 2.72. The van der Waals surface area contributed by atoms with Crippen LogP contribution >= 0.6 is 0 Å². The average Bonchev–Trinajstić information content (AvgIpc) is 1.88. The fourth-order valence-corrected chi connectivity index (χ4v) is 0.385.